The molecule has 2 heterocycles. The standard InChI is InChI=1S/C28H33NO5/c1-17(2)6-4-7-18(3)8-5-9-26-25(32)15-22-24(31)14-21-23(27(22)34-26)16-29(28(21)33)19-10-12-20(30)13-11-19/h6,8,10-14,25-26,30-32H,4-5,7,9,15-16H2,1-3H3/b18-8+. The molecule has 0 bridgehead atoms. The van der Waals surface area contributed by atoms with E-state index in [0.29, 0.717) is 35.5 Å². The van der Waals surface area contributed by atoms with Gasteiger partial charge in [0.2, 0.25) is 0 Å². The lowest BCUT2D eigenvalue weighted by molar-refractivity contribution is 0.0164. The molecule has 6 heteroatoms. The number of carbonyl (C=O) groups is 1. The van der Waals surface area contributed by atoms with E-state index in [9.17, 15) is 20.1 Å². The molecule has 0 radical (unpaired) electrons. The van der Waals surface area contributed by atoms with Crippen LogP contribution in [0.15, 0.2) is 53.6 Å². The van der Waals surface area contributed by atoms with Crippen LogP contribution >= 0.6 is 0 Å². The molecule has 6 nitrogen and oxygen atoms in total. The fourth-order valence-corrected chi connectivity index (χ4v) is 4.64. The van der Waals surface area contributed by atoms with E-state index < -0.39 is 12.2 Å². The van der Waals surface area contributed by atoms with Crippen molar-refractivity contribution in [2.45, 2.75) is 71.6 Å². The first kappa shape index (κ1) is 23.9. The van der Waals surface area contributed by atoms with Gasteiger partial charge in [0.15, 0.2) is 0 Å². The second kappa shape index (κ2) is 9.94. The molecular formula is C28H33NO5. The summed E-state index contributed by atoms with van der Waals surface area (Å²) in [7, 11) is 0. The van der Waals surface area contributed by atoms with Crippen molar-refractivity contribution in [3.63, 3.8) is 0 Å². The summed E-state index contributed by atoms with van der Waals surface area (Å²) in [4.78, 5) is 14.7. The first-order valence-corrected chi connectivity index (χ1v) is 11.9. The van der Waals surface area contributed by atoms with E-state index >= 15 is 0 Å². The quantitative estimate of drug-likeness (QED) is 0.479. The van der Waals surface area contributed by atoms with Crippen LogP contribution in [0.4, 0.5) is 5.69 Å². The van der Waals surface area contributed by atoms with E-state index in [2.05, 4.69) is 32.9 Å². The molecule has 180 valence electrons. The van der Waals surface area contributed by atoms with Gasteiger partial charge in [-0.05, 0) is 76.8 Å². The molecule has 0 saturated carbocycles. The summed E-state index contributed by atoms with van der Waals surface area (Å²) >= 11 is 0. The van der Waals surface area contributed by atoms with Crippen molar-refractivity contribution in [1.82, 2.24) is 0 Å². The van der Waals surface area contributed by atoms with Crippen LogP contribution in [-0.2, 0) is 13.0 Å². The zero-order chi connectivity index (χ0) is 24.4. The van der Waals surface area contributed by atoms with Crippen LogP contribution in [0.5, 0.6) is 17.2 Å². The van der Waals surface area contributed by atoms with Crippen molar-refractivity contribution >= 4 is 11.6 Å². The number of ether oxygens (including phenoxy) is 1. The van der Waals surface area contributed by atoms with Gasteiger partial charge in [-0.2, -0.15) is 0 Å². The van der Waals surface area contributed by atoms with Gasteiger partial charge in [-0.25, -0.2) is 0 Å². The Kier molecular flexibility index (Phi) is 6.98. The maximum Gasteiger partial charge on any atom is 0.259 e. The first-order chi connectivity index (χ1) is 16.2. The number of fused-ring (bicyclic) bond motifs is 3. The number of amides is 1. The van der Waals surface area contributed by atoms with E-state index in [1.807, 2.05) is 0 Å². The summed E-state index contributed by atoms with van der Waals surface area (Å²) in [5, 5.41) is 30.9. The molecule has 0 aliphatic carbocycles. The average molecular weight is 464 g/mol. The van der Waals surface area contributed by atoms with E-state index in [-0.39, 0.29) is 23.8 Å². The van der Waals surface area contributed by atoms with Gasteiger partial charge < -0.3 is 25.0 Å². The number of hydrogen-bond acceptors (Lipinski definition) is 5. The summed E-state index contributed by atoms with van der Waals surface area (Å²) in [5.41, 5.74) is 5.00. The van der Waals surface area contributed by atoms with Crippen LogP contribution in [0, 0.1) is 0 Å². The second-order valence-electron chi connectivity index (χ2n) is 9.51. The largest absolute Gasteiger partial charge is 0.508 e. The summed E-state index contributed by atoms with van der Waals surface area (Å²) in [6, 6.07) is 7.93. The number of allylic oxidation sites excluding steroid dienone is 4. The minimum Gasteiger partial charge on any atom is -0.508 e. The molecule has 2 aliphatic rings. The second-order valence-corrected chi connectivity index (χ2v) is 9.51. The summed E-state index contributed by atoms with van der Waals surface area (Å²) in [6.07, 6.45) is 7.08. The number of phenolic OH excluding ortho intramolecular Hbond substituents is 2. The fourth-order valence-electron chi connectivity index (χ4n) is 4.64. The molecule has 34 heavy (non-hydrogen) atoms. The van der Waals surface area contributed by atoms with Crippen molar-refractivity contribution in [2.75, 3.05) is 4.90 Å². The third kappa shape index (κ3) is 4.97. The Labute approximate surface area is 200 Å². The van der Waals surface area contributed by atoms with Gasteiger partial charge in [-0.3, -0.25) is 4.79 Å². The number of anilines is 1. The number of nitrogens with zero attached hydrogens (tertiary/aromatic N) is 1. The molecule has 2 unspecified atom stereocenters. The lowest BCUT2D eigenvalue weighted by atomic mass is 9.92. The zero-order valence-corrected chi connectivity index (χ0v) is 20.0. The minimum atomic E-state index is -0.721. The fraction of sp³-hybridized carbons (Fsp3) is 0.393. The van der Waals surface area contributed by atoms with Crippen LogP contribution in [-0.4, -0.2) is 33.4 Å². The summed E-state index contributed by atoms with van der Waals surface area (Å²) in [6.45, 7) is 6.64. The number of benzene rings is 2. The maximum atomic E-state index is 13.1. The van der Waals surface area contributed by atoms with Gasteiger partial charge in [0.05, 0.1) is 18.2 Å². The molecule has 1 amide bonds. The number of aliphatic hydroxyl groups excluding tert-OH is 1. The van der Waals surface area contributed by atoms with Gasteiger partial charge >= 0.3 is 0 Å². The van der Waals surface area contributed by atoms with Crippen molar-refractivity contribution in [2.24, 2.45) is 0 Å². The highest BCUT2D eigenvalue weighted by molar-refractivity contribution is 6.11. The molecule has 4 rings (SSSR count). The highest BCUT2D eigenvalue weighted by atomic mass is 16.5. The van der Waals surface area contributed by atoms with Gasteiger partial charge in [-0.15, -0.1) is 0 Å². The summed E-state index contributed by atoms with van der Waals surface area (Å²) in [5.74, 6) is 0.399. The summed E-state index contributed by atoms with van der Waals surface area (Å²) < 4.78 is 6.25. The number of aliphatic hydroxyl groups is 1. The minimum absolute atomic E-state index is 0.0258. The predicted molar refractivity (Wildman–Crippen MR) is 133 cm³/mol. The Hall–Kier alpha value is -3.25. The van der Waals surface area contributed by atoms with E-state index in [1.165, 1.54) is 29.3 Å². The zero-order valence-electron chi connectivity index (χ0n) is 20.0. The van der Waals surface area contributed by atoms with Crippen molar-refractivity contribution in [3.8, 4) is 17.2 Å². The van der Waals surface area contributed by atoms with Gasteiger partial charge in [0, 0.05) is 23.2 Å². The normalized spacial score (nSPS) is 19.5. The highest BCUT2D eigenvalue weighted by Gasteiger charge is 2.38. The third-order valence-electron chi connectivity index (χ3n) is 6.56. The van der Waals surface area contributed by atoms with Crippen LogP contribution in [0.25, 0.3) is 0 Å². The highest BCUT2D eigenvalue weighted by Crippen LogP contribution is 2.44. The molecule has 2 atom stereocenters. The van der Waals surface area contributed by atoms with Crippen LogP contribution in [0.1, 0.15) is 67.9 Å². The average Bonchev–Trinajstić information content (AvgIpc) is 3.11. The number of carbonyl (C=O) groups excluding carboxylic acids is 1. The Morgan fingerprint density at radius 1 is 1.09 bits per heavy atom. The van der Waals surface area contributed by atoms with Crippen LogP contribution < -0.4 is 9.64 Å². The van der Waals surface area contributed by atoms with E-state index in [0.717, 1.165) is 24.8 Å². The molecule has 0 saturated heterocycles. The van der Waals surface area contributed by atoms with Crippen molar-refractivity contribution in [3.05, 3.63) is 70.3 Å². The lowest BCUT2D eigenvalue weighted by Gasteiger charge is -2.32. The number of rotatable bonds is 7. The monoisotopic (exact) mass is 463 g/mol. The smallest absolute Gasteiger partial charge is 0.259 e. The van der Waals surface area contributed by atoms with Gasteiger partial charge in [0.1, 0.15) is 23.4 Å². The first-order valence-electron chi connectivity index (χ1n) is 11.9. The van der Waals surface area contributed by atoms with Crippen molar-refractivity contribution in [1.29, 1.82) is 0 Å². The van der Waals surface area contributed by atoms with Gasteiger partial charge in [0.25, 0.3) is 5.91 Å². The molecule has 2 aromatic carbocycles. The topological polar surface area (TPSA) is 90.2 Å². The molecule has 0 fully saturated rings. The van der Waals surface area contributed by atoms with Crippen LogP contribution in [0.2, 0.25) is 0 Å². The predicted octanol–water partition coefficient (Wildman–Crippen LogP) is 5.40. The number of phenols is 2. The Morgan fingerprint density at radius 3 is 2.53 bits per heavy atom. The van der Waals surface area contributed by atoms with Crippen LogP contribution in [0.3, 0.4) is 0 Å². The van der Waals surface area contributed by atoms with E-state index in [1.54, 1.807) is 17.0 Å². The molecule has 2 aliphatic heterocycles. The lowest BCUT2D eigenvalue weighted by Crippen LogP contribution is -2.37. The molecule has 0 aromatic heterocycles. The molecule has 2 aromatic rings. The molecule has 0 spiro atoms. The maximum absolute atomic E-state index is 13.1. The SMILES string of the molecule is CC(C)=CCC/C(C)=C/CCC1Oc2c(c(O)cc3c2CN(c2ccc(O)cc2)C3=O)CC1O. The Bertz CT molecular complexity index is 1130. The van der Waals surface area contributed by atoms with Crippen molar-refractivity contribution < 1.29 is 24.9 Å². The number of hydrogen-bond donors (Lipinski definition) is 3. The Morgan fingerprint density at radius 2 is 1.82 bits per heavy atom. The molecule has 3 N–H and O–H groups in total. The van der Waals surface area contributed by atoms with E-state index in [4.69, 9.17) is 4.74 Å². The third-order valence-corrected chi connectivity index (χ3v) is 6.56. The Balaban J connectivity index is 1.50. The van der Waals surface area contributed by atoms with Gasteiger partial charge in [-0.1, -0.05) is 23.3 Å². The molecular weight excluding hydrogens is 430 g/mol. The number of aromatic hydroxyl groups is 2.